The van der Waals surface area contributed by atoms with E-state index in [1.165, 1.54) is 0 Å². The summed E-state index contributed by atoms with van der Waals surface area (Å²) in [6, 6.07) is -0.386. The van der Waals surface area contributed by atoms with Gasteiger partial charge in [0.1, 0.15) is 0 Å². The minimum atomic E-state index is -4.19. The first kappa shape index (κ1) is 121. The lowest BCUT2D eigenvalue weighted by molar-refractivity contribution is -0.132. The molecule has 0 rings (SSSR count). The SMILES string of the molecule is C[Si](C)(C)O[Si](C)(C)O[Si](C)(CCC(F)(F)F)O[Si](C)(C)C.C[Si](C)(C)O[Si](C)(C)O[Si](C)(CCC(F)(F)F)O[Si](C)(C)C.C[Si](C)(C)O[Si](C)(C)O[Si](C)(CCC(F)(F)F)O[Si](C)(C)C.C[Si](C)(C)O[Si](C)(C)O[Si](C)(CCC(F)(F)F)O[Si](C)(C)C.C[Si](C)(C)O[Si](C)(C)O[Si](C)(CCC(F)(F)F)O[Si](C)(C)C. The van der Waals surface area contributed by atoms with E-state index in [4.69, 9.17) is 61.7 Å². The molecule has 0 aliphatic heterocycles. The van der Waals surface area contributed by atoms with E-state index in [9.17, 15) is 65.9 Å². The van der Waals surface area contributed by atoms with Crippen LogP contribution in [0.3, 0.4) is 0 Å². The summed E-state index contributed by atoms with van der Waals surface area (Å²) >= 11 is 0. The normalized spacial score (nSPS) is 17.5. The zero-order valence-electron chi connectivity index (χ0n) is 76.4. The first-order valence-electron chi connectivity index (χ1n) is 37.5. The van der Waals surface area contributed by atoms with Crippen molar-refractivity contribution in [1.82, 2.24) is 0 Å². The zero-order chi connectivity index (χ0) is 90.2. The molecule has 0 radical (unpaired) electrons. The van der Waals surface area contributed by atoms with Gasteiger partial charge in [0.05, 0.1) is 0 Å². The van der Waals surface area contributed by atoms with Crippen LogP contribution in [0.4, 0.5) is 65.9 Å². The summed E-state index contributed by atoms with van der Waals surface area (Å²) in [5.41, 5.74) is 0. The molecule has 110 heavy (non-hydrogen) atoms. The summed E-state index contributed by atoms with van der Waals surface area (Å²) in [5.74, 6) is 0. The Morgan fingerprint density at radius 3 is 0.282 bits per heavy atom. The van der Waals surface area contributed by atoms with Crippen LogP contribution in [-0.2, 0) is 61.7 Å². The van der Waals surface area contributed by atoms with Crippen molar-refractivity contribution in [1.29, 1.82) is 0 Å². The fourth-order valence-electron chi connectivity index (χ4n) is 12.1. The summed E-state index contributed by atoms with van der Waals surface area (Å²) in [6.45, 7) is 88.2. The fourth-order valence-corrected chi connectivity index (χ4v) is 101. The second kappa shape index (κ2) is 43.3. The van der Waals surface area contributed by atoms with Crippen molar-refractivity contribution in [3.05, 3.63) is 0 Å². The Balaban J connectivity index is -0.000000418. The summed E-state index contributed by atoms with van der Waals surface area (Å²) in [6.07, 6.45) is -25.3. The highest BCUT2D eigenvalue weighted by Crippen LogP contribution is 2.39. The predicted molar refractivity (Wildman–Crippen MR) is 473 cm³/mol. The standard InChI is InChI=1S/5C12H31F3O3Si4/c5*1-19(2,3)16-21(7,8)18-22(9,17-20(4,5)6)11-10-12(13,14)15/h5*10-11H2,1-9H3. The highest BCUT2D eigenvalue weighted by molar-refractivity contribution is 6.94. The first-order chi connectivity index (χ1) is 46.6. The second-order valence-corrected chi connectivity index (χ2v) is 123. The van der Waals surface area contributed by atoms with E-state index in [2.05, 4.69) is 98.2 Å². The number of hydrogen-bond acceptors (Lipinski definition) is 15. The van der Waals surface area contributed by atoms with Gasteiger partial charge in [0.15, 0.2) is 83.2 Å². The maximum Gasteiger partial charge on any atom is 0.389 e. The molecule has 0 fully saturated rings. The molecule has 0 N–H and O–H groups in total. The fraction of sp³-hybridized carbons (Fsp3) is 1.00. The van der Waals surface area contributed by atoms with E-state index in [0.717, 1.165) is 0 Å². The molecule has 0 aromatic rings. The average molecular weight is 1960 g/mol. The Kier molecular flexibility index (Phi) is 47.8. The van der Waals surface area contributed by atoms with Crippen LogP contribution in [0.1, 0.15) is 32.1 Å². The van der Waals surface area contributed by atoms with Crippen molar-refractivity contribution in [2.24, 2.45) is 0 Å². The van der Waals surface area contributed by atoms with Crippen molar-refractivity contribution in [3.8, 4) is 0 Å². The predicted octanol–water partition coefficient (Wildman–Crippen LogP) is 27.2. The van der Waals surface area contributed by atoms with E-state index >= 15 is 0 Å². The highest BCUT2D eigenvalue weighted by Gasteiger charge is 2.53. The largest absolute Gasteiger partial charge is 0.437 e. The van der Waals surface area contributed by atoms with Gasteiger partial charge in [-0.1, -0.05) is 0 Å². The molecule has 0 aromatic heterocycles. The lowest BCUT2D eigenvalue weighted by atomic mass is 10.5. The first-order valence-corrected chi connectivity index (χ1v) is 98.3. The van der Waals surface area contributed by atoms with Gasteiger partial charge in [0.25, 0.3) is 0 Å². The molecule has 0 heterocycles. The summed E-state index contributed by atoms with van der Waals surface area (Å²) in [7, 11) is -46.3. The molecule has 0 saturated heterocycles. The molecule has 50 heteroatoms. The Labute approximate surface area is 679 Å². The van der Waals surface area contributed by atoms with Gasteiger partial charge in [0.2, 0.25) is 0 Å². The van der Waals surface area contributed by atoms with Crippen LogP contribution in [0.25, 0.3) is 0 Å². The molecule has 15 nitrogen and oxygen atoms in total. The molecular formula is C60H155F15O15Si20. The second-order valence-electron chi connectivity index (χ2n) is 40.9. The van der Waals surface area contributed by atoms with E-state index < -0.39 is 232 Å². The molecule has 0 saturated carbocycles. The van der Waals surface area contributed by atoms with Crippen molar-refractivity contribution in [2.75, 3.05) is 0 Å². The van der Waals surface area contributed by atoms with Gasteiger partial charge in [-0.2, -0.15) is 65.9 Å². The zero-order valence-corrected chi connectivity index (χ0v) is 96.4. The number of rotatable bonds is 40. The van der Waals surface area contributed by atoms with E-state index in [0.29, 0.717) is 0 Å². The third kappa shape index (κ3) is 81.7. The number of halogens is 15. The van der Waals surface area contributed by atoms with Gasteiger partial charge in [-0.3, -0.25) is 0 Å². The number of hydrogen-bond donors (Lipinski definition) is 0. The number of alkyl halides is 15. The summed E-state index contributed by atoms with van der Waals surface area (Å²) in [5, 5.41) is 0. The van der Waals surface area contributed by atoms with Crippen LogP contribution in [0.5, 0.6) is 0 Å². The topological polar surface area (TPSA) is 138 Å². The highest BCUT2D eigenvalue weighted by atomic mass is 28.5. The van der Waals surface area contributed by atoms with Crippen LogP contribution in [-0.4, -0.2) is 200 Å². The van der Waals surface area contributed by atoms with E-state index in [1.807, 2.05) is 164 Å². The minimum Gasteiger partial charge on any atom is -0.437 e. The molecule has 670 valence electrons. The maximum atomic E-state index is 12.6. The van der Waals surface area contributed by atoms with E-state index in [-0.39, 0.29) is 30.2 Å². The van der Waals surface area contributed by atoms with Crippen molar-refractivity contribution in [3.63, 3.8) is 0 Å². The monoisotopic (exact) mass is 1960 g/mol. The Morgan fingerprint density at radius 2 is 0.218 bits per heavy atom. The van der Waals surface area contributed by atoms with Crippen molar-refractivity contribution in [2.45, 2.75) is 388 Å². The van der Waals surface area contributed by atoms with Crippen LogP contribution in [0.2, 0.25) is 325 Å². The van der Waals surface area contributed by atoms with Crippen LogP contribution in [0, 0.1) is 0 Å². The Bertz CT molecular complexity index is 2230. The van der Waals surface area contributed by atoms with Gasteiger partial charge in [-0.05, 0) is 325 Å². The Hall–Kier alpha value is 2.69. The lowest BCUT2D eigenvalue weighted by Crippen LogP contribution is -2.57. The van der Waals surface area contributed by atoms with Crippen LogP contribution >= 0.6 is 0 Å². The molecule has 0 bridgehead atoms. The van der Waals surface area contributed by atoms with Gasteiger partial charge in [0, 0.05) is 32.1 Å². The molecule has 0 aromatic carbocycles. The molecule has 0 aliphatic carbocycles. The van der Waals surface area contributed by atoms with Crippen molar-refractivity contribution < 1.29 is 128 Å². The average Bonchev–Trinajstić information content (AvgIpc) is 0.839. The molecule has 5 unspecified atom stereocenters. The maximum absolute atomic E-state index is 12.6. The quantitative estimate of drug-likeness (QED) is 0.0424. The van der Waals surface area contributed by atoms with Crippen LogP contribution < -0.4 is 0 Å². The molecule has 0 amide bonds. The third-order valence-electron chi connectivity index (χ3n) is 12.0. The van der Waals surface area contributed by atoms with Gasteiger partial charge in [-0.25, -0.2) is 0 Å². The summed E-state index contributed by atoms with van der Waals surface area (Å²) < 4.78 is 281. The van der Waals surface area contributed by atoms with Gasteiger partial charge >= 0.3 is 116 Å². The lowest BCUT2D eigenvalue weighted by Gasteiger charge is -2.41. The van der Waals surface area contributed by atoms with Crippen LogP contribution in [0.15, 0.2) is 0 Å². The van der Waals surface area contributed by atoms with Gasteiger partial charge < -0.3 is 61.7 Å². The molecule has 0 aliphatic rings. The van der Waals surface area contributed by atoms with Gasteiger partial charge in [-0.15, -0.1) is 0 Å². The van der Waals surface area contributed by atoms with Crippen molar-refractivity contribution >= 4 is 169 Å². The smallest absolute Gasteiger partial charge is 0.389 e. The Morgan fingerprint density at radius 1 is 0.136 bits per heavy atom. The summed E-state index contributed by atoms with van der Waals surface area (Å²) in [4.78, 5) is 0. The molecule has 0 spiro atoms. The molecule has 5 atom stereocenters. The third-order valence-corrected chi connectivity index (χ3v) is 79.2. The van der Waals surface area contributed by atoms with E-state index in [1.54, 1.807) is 32.7 Å². The molecular weight excluding hydrogens is 1810 g/mol. The minimum absolute atomic E-state index is 0.0771.